The second-order valence-corrected chi connectivity index (χ2v) is 5.95. The van der Waals surface area contributed by atoms with Gasteiger partial charge in [-0.25, -0.2) is 4.98 Å². The minimum absolute atomic E-state index is 0. The van der Waals surface area contributed by atoms with Gasteiger partial charge < -0.3 is 15.2 Å². The number of carbonyl (C=O) groups excluding carboxylic acids is 1. The van der Waals surface area contributed by atoms with Gasteiger partial charge in [-0.3, -0.25) is 4.79 Å². The van der Waals surface area contributed by atoms with Gasteiger partial charge in [0.2, 0.25) is 0 Å². The maximum absolute atomic E-state index is 12.8. The summed E-state index contributed by atoms with van der Waals surface area (Å²) in [6.45, 7) is 6.20. The second kappa shape index (κ2) is 8.51. The number of amides is 1. The van der Waals surface area contributed by atoms with Gasteiger partial charge in [0.25, 0.3) is 5.91 Å². The highest BCUT2D eigenvalue weighted by molar-refractivity contribution is 5.96. The van der Waals surface area contributed by atoms with Crippen molar-refractivity contribution in [1.82, 2.24) is 14.5 Å². The molecule has 2 aromatic rings. The predicted octanol–water partition coefficient (Wildman–Crippen LogP) is 2.75. The summed E-state index contributed by atoms with van der Waals surface area (Å²) >= 11 is 0. The van der Waals surface area contributed by atoms with Crippen LogP contribution >= 0.6 is 24.8 Å². The summed E-state index contributed by atoms with van der Waals surface area (Å²) in [4.78, 5) is 19.1. The van der Waals surface area contributed by atoms with E-state index in [0.717, 1.165) is 42.3 Å². The van der Waals surface area contributed by atoms with Crippen LogP contribution in [0, 0.1) is 19.8 Å². The zero-order chi connectivity index (χ0) is 15.7. The van der Waals surface area contributed by atoms with Crippen LogP contribution in [0.2, 0.25) is 0 Å². The van der Waals surface area contributed by atoms with Crippen molar-refractivity contribution in [2.75, 3.05) is 19.6 Å². The molecular weight excluding hydrogens is 347 g/mol. The van der Waals surface area contributed by atoms with Crippen molar-refractivity contribution in [3.05, 3.63) is 47.4 Å². The Morgan fingerprint density at radius 1 is 1.33 bits per heavy atom. The lowest BCUT2D eigenvalue weighted by Gasteiger charge is -2.16. The highest BCUT2D eigenvalue weighted by Crippen LogP contribution is 2.23. The van der Waals surface area contributed by atoms with Crippen molar-refractivity contribution >= 4 is 30.7 Å². The topological polar surface area (TPSA) is 64.2 Å². The molecule has 2 N–H and O–H groups in total. The third kappa shape index (κ3) is 3.74. The van der Waals surface area contributed by atoms with E-state index in [0.29, 0.717) is 12.5 Å². The Bertz CT molecular complexity index is 687. The van der Waals surface area contributed by atoms with E-state index in [4.69, 9.17) is 5.73 Å². The summed E-state index contributed by atoms with van der Waals surface area (Å²) in [7, 11) is 0. The van der Waals surface area contributed by atoms with E-state index in [1.165, 1.54) is 0 Å². The molecule has 3 rings (SSSR count). The molecule has 0 bridgehead atoms. The molecule has 1 fully saturated rings. The van der Waals surface area contributed by atoms with Crippen LogP contribution in [0.3, 0.4) is 0 Å². The lowest BCUT2D eigenvalue weighted by atomic mass is 10.1. The van der Waals surface area contributed by atoms with E-state index in [-0.39, 0.29) is 30.7 Å². The minimum Gasteiger partial charge on any atom is -0.338 e. The summed E-state index contributed by atoms with van der Waals surface area (Å²) in [5.41, 5.74) is 8.45. The van der Waals surface area contributed by atoms with Gasteiger partial charge in [-0.15, -0.1) is 24.8 Å². The molecular formula is C17H24Cl2N4O. The molecule has 2 aromatic heterocycles. The fourth-order valence-corrected chi connectivity index (χ4v) is 3.20. The first-order chi connectivity index (χ1) is 10.6. The van der Waals surface area contributed by atoms with Crippen molar-refractivity contribution in [3.63, 3.8) is 0 Å². The van der Waals surface area contributed by atoms with Crippen LogP contribution in [0.1, 0.15) is 28.2 Å². The molecule has 0 aromatic carbocycles. The van der Waals surface area contributed by atoms with Crippen molar-refractivity contribution in [2.45, 2.75) is 20.3 Å². The summed E-state index contributed by atoms with van der Waals surface area (Å²) in [5.74, 6) is 1.38. The van der Waals surface area contributed by atoms with Crippen LogP contribution in [-0.2, 0) is 0 Å². The fourth-order valence-electron chi connectivity index (χ4n) is 3.20. The van der Waals surface area contributed by atoms with Crippen LogP contribution in [0.15, 0.2) is 30.5 Å². The number of hydrogen-bond acceptors (Lipinski definition) is 3. The molecule has 1 amide bonds. The predicted molar refractivity (Wildman–Crippen MR) is 101 cm³/mol. The van der Waals surface area contributed by atoms with E-state index < -0.39 is 0 Å². The van der Waals surface area contributed by atoms with Crippen LogP contribution in [0.25, 0.3) is 5.82 Å². The van der Waals surface area contributed by atoms with E-state index in [1.807, 2.05) is 47.6 Å². The van der Waals surface area contributed by atoms with Gasteiger partial charge in [-0.1, -0.05) is 6.07 Å². The number of hydrogen-bond donors (Lipinski definition) is 1. The first kappa shape index (κ1) is 20.5. The number of aromatic nitrogens is 2. The van der Waals surface area contributed by atoms with Crippen LogP contribution in [-0.4, -0.2) is 40.0 Å². The van der Waals surface area contributed by atoms with Gasteiger partial charge in [0.05, 0.1) is 5.56 Å². The average Bonchev–Trinajstić information content (AvgIpc) is 3.12. The SMILES string of the molecule is Cc1cc(C(=O)N2CCC(CN)C2)c(C)n1-c1ccccn1.Cl.Cl. The van der Waals surface area contributed by atoms with Gasteiger partial charge in [-0.2, -0.15) is 0 Å². The second-order valence-electron chi connectivity index (χ2n) is 5.95. The monoisotopic (exact) mass is 370 g/mol. The van der Waals surface area contributed by atoms with Crippen molar-refractivity contribution in [2.24, 2.45) is 11.7 Å². The van der Waals surface area contributed by atoms with Crippen molar-refractivity contribution in [3.8, 4) is 5.82 Å². The number of likely N-dealkylation sites (tertiary alicyclic amines) is 1. The van der Waals surface area contributed by atoms with E-state index in [9.17, 15) is 4.79 Å². The molecule has 7 heteroatoms. The number of carbonyl (C=O) groups is 1. The molecule has 1 aliphatic heterocycles. The fraction of sp³-hybridized carbons (Fsp3) is 0.412. The molecule has 1 aliphatic rings. The Morgan fingerprint density at radius 3 is 2.67 bits per heavy atom. The normalized spacial score (nSPS) is 16.5. The summed E-state index contributed by atoms with van der Waals surface area (Å²) in [6, 6.07) is 7.76. The number of rotatable bonds is 3. The molecule has 24 heavy (non-hydrogen) atoms. The average molecular weight is 371 g/mol. The lowest BCUT2D eigenvalue weighted by molar-refractivity contribution is 0.0787. The summed E-state index contributed by atoms with van der Waals surface area (Å²) in [5, 5.41) is 0. The quantitative estimate of drug-likeness (QED) is 0.903. The Balaban J connectivity index is 0.00000144. The molecule has 1 saturated heterocycles. The first-order valence-electron chi connectivity index (χ1n) is 7.71. The highest BCUT2D eigenvalue weighted by atomic mass is 35.5. The van der Waals surface area contributed by atoms with E-state index in [1.54, 1.807) is 6.20 Å². The first-order valence-corrected chi connectivity index (χ1v) is 7.71. The largest absolute Gasteiger partial charge is 0.338 e. The van der Waals surface area contributed by atoms with Gasteiger partial charge >= 0.3 is 0 Å². The number of nitrogens with zero attached hydrogens (tertiary/aromatic N) is 3. The van der Waals surface area contributed by atoms with Gasteiger partial charge in [0.15, 0.2) is 0 Å². The lowest BCUT2D eigenvalue weighted by Crippen LogP contribution is -2.30. The number of halogens is 2. The number of nitrogens with two attached hydrogens (primary N) is 1. The smallest absolute Gasteiger partial charge is 0.255 e. The Kier molecular flexibility index (Phi) is 7.27. The molecule has 3 heterocycles. The third-order valence-electron chi connectivity index (χ3n) is 4.45. The number of pyridine rings is 1. The molecule has 1 unspecified atom stereocenters. The molecule has 0 radical (unpaired) electrons. The van der Waals surface area contributed by atoms with Crippen molar-refractivity contribution < 1.29 is 4.79 Å². The van der Waals surface area contributed by atoms with Crippen LogP contribution in [0.5, 0.6) is 0 Å². The van der Waals surface area contributed by atoms with Crippen molar-refractivity contribution in [1.29, 1.82) is 0 Å². The molecule has 0 aliphatic carbocycles. The maximum atomic E-state index is 12.8. The zero-order valence-corrected chi connectivity index (χ0v) is 15.6. The Hall–Kier alpha value is -1.56. The molecule has 1 atom stereocenters. The summed E-state index contributed by atoms with van der Waals surface area (Å²) < 4.78 is 2.03. The molecule has 132 valence electrons. The van der Waals surface area contributed by atoms with Gasteiger partial charge in [0.1, 0.15) is 5.82 Å². The number of aryl methyl sites for hydroxylation is 1. The Morgan fingerprint density at radius 2 is 2.08 bits per heavy atom. The van der Waals surface area contributed by atoms with E-state index in [2.05, 4.69) is 4.98 Å². The molecule has 0 saturated carbocycles. The zero-order valence-electron chi connectivity index (χ0n) is 13.9. The third-order valence-corrected chi connectivity index (χ3v) is 4.45. The standard InChI is InChI=1S/C17H22N4O.2ClH/c1-12-9-15(17(22)20-8-6-14(10-18)11-20)13(2)21(12)16-5-3-4-7-19-16;;/h3-5,7,9,14H,6,8,10-11,18H2,1-2H3;2*1H. The molecule has 0 spiro atoms. The maximum Gasteiger partial charge on any atom is 0.255 e. The summed E-state index contributed by atoms with van der Waals surface area (Å²) in [6.07, 6.45) is 2.77. The van der Waals surface area contributed by atoms with Crippen LogP contribution < -0.4 is 5.73 Å². The van der Waals surface area contributed by atoms with Crippen LogP contribution in [0.4, 0.5) is 0 Å². The van der Waals surface area contributed by atoms with E-state index >= 15 is 0 Å². The highest BCUT2D eigenvalue weighted by Gasteiger charge is 2.28. The Labute approximate surface area is 155 Å². The van der Waals surface area contributed by atoms with Gasteiger partial charge in [-0.05, 0) is 50.9 Å². The molecule has 5 nitrogen and oxygen atoms in total. The minimum atomic E-state index is 0. The van der Waals surface area contributed by atoms with Gasteiger partial charge in [0, 0.05) is 30.7 Å².